The normalized spacial score (nSPS) is 10.7. The molecular formula is C26H30N2O3. The van der Waals surface area contributed by atoms with E-state index in [4.69, 9.17) is 4.74 Å². The first-order valence-electron chi connectivity index (χ1n) is 10.6. The molecule has 3 rings (SSSR count). The van der Waals surface area contributed by atoms with Gasteiger partial charge in [0.1, 0.15) is 5.69 Å². The molecule has 0 atom stereocenters. The molecular weight excluding hydrogens is 388 g/mol. The number of rotatable bonds is 7. The van der Waals surface area contributed by atoms with E-state index in [0.29, 0.717) is 31.0 Å². The Labute approximate surface area is 184 Å². The van der Waals surface area contributed by atoms with Crippen molar-refractivity contribution in [2.24, 2.45) is 0 Å². The maximum atomic E-state index is 13.5. The van der Waals surface area contributed by atoms with Crippen molar-refractivity contribution < 1.29 is 14.3 Å². The predicted octanol–water partition coefficient (Wildman–Crippen LogP) is 5.27. The van der Waals surface area contributed by atoms with Crippen LogP contribution in [-0.4, -0.2) is 28.4 Å². The van der Waals surface area contributed by atoms with Crippen molar-refractivity contribution in [3.8, 4) is 0 Å². The number of carbonyl (C=O) groups excluding carboxylic acids is 2. The molecule has 3 aromatic rings. The summed E-state index contributed by atoms with van der Waals surface area (Å²) in [6.07, 6.45) is 0. The van der Waals surface area contributed by atoms with Crippen LogP contribution in [0.25, 0.3) is 0 Å². The van der Waals surface area contributed by atoms with Crippen LogP contribution in [0.5, 0.6) is 0 Å². The highest BCUT2D eigenvalue weighted by molar-refractivity contribution is 5.95. The highest BCUT2D eigenvalue weighted by Gasteiger charge is 2.24. The Balaban J connectivity index is 1.97. The standard InChI is InChI=1S/C26H30N2O3/c1-6-31-26(30)24-19(4)23(20(5)27-24)16-28(15-21-13-11-17(2)12-14-21)25(29)22-10-8-7-9-18(22)3/h7-14,27H,6,15-16H2,1-5H3. The Morgan fingerprint density at radius 3 is 2.26 bits per heavy atom. The molecule has 0 radical (unpaired) electrons. The summed E-state index contributed by atoms with van der Waals surface area (Å²) in [5.41, 5.74) is 6.95. The van der Waals surface area contributed by atoms with E-state index in [1.807, 2.05) is 69.0 Å². The number of benzene rings is 2. The molecule has 31 heavy (non-hydrogen) atoms. The average Bonchev–Trinajstić information content (AvgIpc) is 3.03. The Kier molecular flexibility index (Phi) is 6.95. The zero-order valence-corrected chi connectivity index (χ0v) is 18.9. The summed E-state index contributed by atoms with van der Waals surface area (Å²) in [6.45, 7) is 10.8. The first kappa shape index (κ1) is 22.3. The number of ether oxygens (including phenoxy) is 1. The summed E-state index contributed by atoms with van der Waals surface area (Å²) in [7, 11) is 0. The summed E-state index contributed by atoms with van der Waals surface area (Å²) in [4.78, 5) is 30.8. The molecule has 0 saturated carbocycles. The van der Waals surface area contributed by atoms with Gasteiger partial charge in [-0.25, -0.2) is 4.79 Å². The van der Waals surface area contributed by atoms with Crippen LogP contribution < -0.4 is 0 Å². The van der Waals surface area contributed by atoms with Crippen molar-refractivity contribution in [2.75, 3.05) is 6.61 Å². The lowest BCUT2D eigenvalue weighted by atomic mass is 10.0. The van der Waals surface area contributed by atoms with E-state index in [0.717, 1.165) is 27.9 Å². The topological polar surface area (TPSA) is 62.4 Å². The van der Waals surface area contributed by atoms with E-state index >= 15 is 0 Å². The van der Waals surface area contributed by atoms with Crippen LogP contribution in [0.4, 0.5) is 0 Å². The van der Waals surface area contributed by atoms with E-state index in [-0.39, 0.29) is 11.9 Å². The number of aromatic amines is 1. The summed E-state index contributed by atoms with van der Waals surface area (Å²) in [5, 5.41) is 0. The van der Waals surface area contributed by atoms with Gasteiger partial charge in [-0.3, -0.25) is 4.79 Å². The zero-order valence-electron chi connectivity index (χ0n) is 18.9. The molecule has 1 amide bonds. The number of hydrogen-bond donors (Lipinski definition) is 1. The number of hydrogen-bond acceptors (Lipinski definition) is 3. The molecule has 0 unspecified atom stereocenters. The predicted molar refractivity (Wildman–Crippen MR) is 122 cm³/mol. The molecule has 5 heteroatoms. The lowest BCUT2D eigenvalue weighted by Crippen LogP contribution is -2.31. The lowest BCUT2D eigenvalue weighted by Gasteiger charge is -2.24. The van der Waals surface area contributed by atoms with Crippen LogP contribution in [0.15, 0.2) is 48.5 Å². The van der Waals surface area contributed by atoms with Gasteiger partial charge in [0, 0.05) is 24.3 Å². The molecule has 0 saturated heterocycles. The van der Waals surface area contributed by atoms with Gasteiger partial charge in [-0.1, -0.05) is 48.0 Å². The van der Waals surface area contributed by atoms with Gasteiger partial charge >= 0.3 is 5.97 Å². The van der Waals surface area contributed by atoms with Gasteiger partial charge in [-0.2, -0.15) is 0 Å². The largest absolute Gasteiger partial charge is 0.461 e. The van der Waals surface area contributed by atoms with Crippen molar-refractivity contribution in [2.45, 2.75) is 47.7 Å². The van der Waals surface area contributed by atoms with E-state index in [1.54, 1.807) is 6.92 Å². The van der Waals surface area contributed by atoms with Crippen molar-refractivity contribution in [1.29, 1.82) is 0 Å². The van der Waals surface area contributed by atoms with Gasteiger partial charge in [-0.05, 0) is 62.9 Å². The van der Waals surface area contributed by atoms with Crippen LogP contribution in [0.3, 0.4) is 0 Å². The first-order chi connectivity index (χ1) is 14.8. The quantitative estimate of drug-likeness (QED) is 0.532. The fourth-order valence-electron chi connectivity index (χ4n) is 3.72. The van der Waals surface area contributed by atoms with E-state index in [9.17, 15) is 9.59 Å². The lowest BCUT2D eigenvalue weighted by molar-refractivity contribution is 0.0519. The minimum atomic E-state index is -0.371. The Hall–Kier alpha value is -3.34. The van der Waals surface area contributed by atoms with Crippen molar-refractivity contribution in [3.05, 3.63) is 93.3 Å². The number of aryl methyl sites for hydroxylation is 3. The molecule has 0 aliphatic heterocycles. The van der Waals surface area contributed by atoms with Crippen molar-refractivity contribution in [3.63, 3.8) is 0 Å². The van der Waals surface area contributed by atoms with Gasteiger partial charge < -0.3 is 14.6 Å². The highest BCUT2D eigenvalue weighted by atomic mass is 16.5. The molecule has 5 nitrogen and oxygen atoms in total. The average molecular weight is 419 g/mol. The molecule has 0 spiro atoms. The molecule has 0 bridgehead atoms. The number of amides is 1. The SMILES string of the molecule is CCOC(=O)c1[nH]c(C)c(CN(Cc2ccc(C)cc2)C(=O)c2ccccc2C)c1C. The minimum Gasteiger partial charge on any atom is -0.461 e. The molecule has 1 aromatic heterocycles. The zero-order chi connectivity index (χ0) is 22.5. The second kappa shape index (κ2) is 9.65. The van der Waals surface area contributed by atoms with Gasteiger partial charge in [0.2, 0.25) is 0 Å². The fraction of sp³-hybridized carbons (Fsp3) is 0.308. The molecule has 0 aliphatic carbocycles. The number of esters is 1. The third-order valence-electron chi connectivity index (χ3n) is 5.58. The third kappa shape index (κ3) is 5.05. The van der Waals surface area contributed by atoms with Crippen LogP contribution in [0.1, 0.15) is 61.3 Å². The van der Waals surface area contributed by atoms with Crippen LogP contribution in [-0.2, 0) is 17.8 Å². The minimum absolute atomic E-state index is 0.0311. The van der Waals surface area contributed by atoms with E-state index < -0.39 is 0 Å². The number of H-pyrrole nitrogens is 1. The van der Waals surface area contributed by atoms with Crippen molar-refractivity contribution in [1.82, 2.24) is 9.88 Å². The number of carbonyl (C=O) groups is 2. The molecule has 1 heterocycles. The molecule has 2 aromatic carbocycles. The fourth-order valence-corrected chi connectivity index (χ4v) is 3.72. The third-order valence-corrected chi connectivity index (χ3v) is 5.58. The van der Waals surface area contributed by atoms with E-state index in [2.05, 4.69) is 17.1 Å². The summed E-state index contributed by atoms with van der Waals surface area (Å²) < 4.78 is 5.17. The van der Waals surface area contributed by atoms with Gasteiger partial charge in [-0.15, -0.1) is 0 Å². The second-order valence-electron chi connectivity index (χ2n) is 7.91. The summed E-state index contributed by atoms with van der Waals surface area (Å²) in [5.74, 6) is -0.402. The van der Waals surface area contributed by atoms with Crippen LogP contribution in [0.2, 0.25) is 0 Å². The number of aromatic nitrogens is 1. The maximum Gasteiger partial charge on any atom is 0.355 e. The number of nitrogens with one attached hydrogen (secondary N) is 1. The summed E-state index contributed by atoms with van der Waals surface area (Å²) >= 11 is 0. The number of nitrogens with zero attached hydrogens (tertiary/aromatic N) is 1. The molecule has 1 N–H and O–H groups in total. The second-order valence-corrected chi connectivity index (χ2v) is 7.91. The Bertz CT molecular complexity index is 1080. The maximum absolute atomic E-state index is 13.5. The van der Waals surface area contributed by atoms with Crippen LogP contribution >= 0.6 is 0 Å². The van der Waals surface area contributed by atoms with Gasteiger partial charge in [0.15, 0.2) is 0 Å². The molecule has 0 aliphatic rings. The smallest absolute Gasteiger partial charge is 0.355 e. The highest BCUT2D eigenvalue weighted by Crippen LogP contribution is 2.23. The Morgan fingerprint density at radius 1 is 0.935 bits per heavy atom. The summed E-state index contributed by atoms with van der Waals surface area (Å²) in [6, 6.07) is 15.8. The monoisotopic (exact) mass is 418 g/mol. The first-order valence-corrected chi connectivity index (χ1v) is 10.6. The van der Waals surface area contributed by atoms with E-state index in [1.165, 1.54) is 5.56 Å². The Morgan fingerprint density at radius 2 is 1.61 bits per heavy atom. The van der Waals surface area contributed by atoms with Crippen molar-refractivity contribution >= 4 is 11.9 Å². The van der Waals surface area contributed by atoms with Gasteiger partial charge in [0.25, 0.3) is 5.91 Å². The molecule has 0 fully saturated rings. The van der Waals surface area contributed by atoms with Crippen LogP contribution in [0, 0.1) is 27.7 Å². The van der Waals surface area contributed by atoms with Gasteiger partial charge in [0.05, 0.1) is 6.61 Å². The molecule has 162 valence electrons.